The molecule has 3 nitrogen and oxygen atoms in total. The van der Waals surface area contributed by atoms with E-state index in [0.29, 0.717) is 0 Å². The molecule has 0 atom stereocenters. The van der Waals surface area contributed by atoms with Gasteiger partial charge in [-0.3, -0.25) is 0 Å². The fourth-order valence-electron chi connectivity index (χ4n) is 0.831. The standard InChI is InChI=1S/C7H16N2O/c1-4-6-9(5-2)7(10)8-3/h4-6H2,1-3H3,(H,8,10). The Kier molecular flexibility index (Phi) is 4.72. The number of hydrogen-bond acceptors (Lipinski definition) is 1. The molecule has 2 amide bonds. The maximum Gasteiger partial charge on any atom is 0.317 e. The lowest BCUT2D eigenvalue weighted by Crippen LogP contribution is -2.38. The highest BCUT2D eigenvalue weighted by molar-refractivity contribution is 5.73. The molecule has 0 rings (SSSR count). The molecule has 0 aliphatic rings. The molecule has 0 spiro atoms. The Labute approximate surface area is 62.4 Å². The molecule has 0 saturated carbocycles. The Balaban J connectivity index is 3.68. The van der Waals surface area contributed by atoms with Gasteiger partial charge in [0.2, 0.25) is 0 Å². The minimum absolute atomic E-state index is 0.0179. The molecule has 0 aliphatic carbocycles. The van der Waals surface area contributed by atoms with E-state index < -0.39 is 0 Å². The molecule has 1 N–H and O–H groups in total. The van der Waals surface area contributed by atoms with Crippen LogP contribution in [0.25, 0.3) is 0 Å². The highest BCUT2D eigenvalue weighted by Gasteiger charge is 2.05. The van der Waals surface area contributed by atoms with Gasteiger partial charge < -0.3 is 10.2 Å². The quantitative estimate of drug-likeness (QED) is 0.631. The normalized spacial score (nSPS) is 9.10. The molecule has 0 fully saturated rings. The van der Waals surface area contributed by atoms with Crippen LogP contribution in [-0.2, 0) is 0 Å². The van der Waals surface area contributed by atoms with Crippen molar-refractivity contribution < 1.29 is 4.79 Å². The van der Waals surface area contributed by atoms with E-state index in [1.54, 1.807) is 11.9 Å². The second-order valence-corrected chi connectivity index (χ2v) is 2.13. The van der Waals surface area contributed by atoms with Crippen LogP contribution in [0.1, 0.15) is 20.3 Å². The first-order valence-electron chi connectivity index (χ1n) is 3.72. The van der Waals surface area contributed by atoms with Crippen molar-refractivity contribution in [2.75, 3.05) is 20.1 Å². The summed E-state index contributed by atoms with van der Waals surface area (Å²) in [5.41, 5.74) is 0. The van der Waals surface area contributed by atoms with Crippen molar-refractivity contribution in [1.29, 1.82) is 0 Å². The maximum atomic E-state index is 10.9. The van der Waals surface area contributed by atoms with Crippen LogP contribution in [0, 0.1) is 0 Å². The monoisotopic (exact) mass is 144 g/mol. The Hall–Kier alpha value is -0.730. The van der Waals surface area contributed by atoms with Crippen LogP contribution in [0.2, 0.25) is 0 Å². The first kappa shape index (κ1) is 9.27. The van der Waals surface area contributed by atoms with Gasteiger partial charge in [-0.25, -0.2) is 4.79 Å². The molecule has 0 bridgehead atoms. The van der Waals surface area contributed by atoms with Crippen molar-refractivity contribution in [3.05, 3.63) is 0 Å². The summed E-state index contributed by atoms with van der Waals surface area (Å²) in [6.07, 6.45) is 1.02. The Morgan fingerprint density at radius 3 is 2.40 bits per heavy atom. The van der Waals surface area contributed by atoms with Crippen LogP contribution >= 0.6 is 0 Å². The maximum absolute atomic E-state index is 10.9. The van der Waals surface area contributed by atoms with Crippen molar-refractivity contribution >= 4 is 6.03 Å². The van der Waals surface area contributed by atoms with E-state index in [1.165, 1.54) is 0 Å². The number of amides is 2. The van der Waals surface area contributed by atoms with E-state index in [9.17, 15) is 4.79 Å². The van der Waals surface area contributed by atoms with Gasteiger partial charge in [-0.05, 0) is 13.3 Å². The van der Waals surface area contributed by atoms with Gasteiger partial charge in [0.1, 0.15) is 0 Å². The second kappa shape index (κ2) is 5.09. The highest BCUT2D eigenvalue weighted by Crippen LogP contribution is 1.90. The zero-order valence-corrected chi connectivity index (χ0v) is 6.98. The minimum Gasteiger partial charge on any atom is -0.341 e. The molecule has 60 valence electrons. The summed E-state index contributed by atoms with van der Waals surface area (Å²) in [5, 5.41) is 2.59. The van der Waals surface area contributed by atoms with E-state index in [0.717, 1.165) is 19.5 Å². The molecular weight excluding hydrogens is 128 g/mol. The van der Waals surface area contributed by atoms with Gasteiger partial charge in [0.05, 0.1) is 0 Å². The zero-order chi connectivity index (χ0) is 7.98. The lowest BCUT2D eigenvalue weighted by atomic mass is 10.4. The second-order valence-electron chi connectivity index (χ2n) is 2.13. The van der Waals surface area contributed by atoms with Crippen molar-refractivity contribution in [3.63, 3.8) is 0 Å². The topological polar surface area (TPSA) is 32.3 Å². The van der Waals surface area contributed by atoms with E-state index in [1.807, 2.05) is 6.92 Å². The molecule has 0 aromatic rings. The summed E-state index contributed by atoms with van der Waals surface area (Å²) in [7, 11) is 1.65. The fraction of sp³-hybridized carbons (Fsp3) is 0.857. The lowest BCUT2D eigenvalue weighted by Gasteiger charge is -2.18. The van der Waals surface area contributed by atoms with Crippen LogP contribution in [0.15, 0.2) is 0 Å². The van der Waals surface area contributed by atoms with Gasteiger partial charge in [-0.1, -0.05) is 6.92 Å². The number of nitrogens with zero attached hydrogens (tertiary/aromatic N) is 1. The van der Waals surface area contributed by atoms with Crippen LogP contribution in [0.3, 0.4) is 0 Å². The number of carbonyl (C=O) groups is 1. The first-order chi connectivity index (χ1) is 4.76. The van der Waals surface area contributed by atoms with Crippen molar-refractivity contribution in [2.24, 2.45) is 0 Å². The zero-order valence-electron chi connectivity index (χ0n) is 6.98. The van der Waals surface area contributed by atoms with Gasteiger partial charge >= 0.3 is 6.03 Å². The molecular formula is C7H16N2O. The largest absolute Gasteiger partial charge is 0.341 e. The number of nitrogens with one attached hydrogen (secondary N) is 1. The van der Waals surface area contributed by atoms with Gasteiger partial charge in [0.25, 0.3) is 0 Å². The average molecular weight is 144 g/mol. The molecule has 0 radical (unpaired) electrons. The third-order valence-corrected chi connectivity index (χ3v) is 1.38. The van der Waals surface area contributed by atoms with Crippen molar-refractivity contribution in [1.82, 2.24) is 10.2 Å². The van der Waals surface area contributed by atoms with E-state index in [2.05, 4.69) is 12.2 Å². The smallest absolute Gasteiger partial charge is 0.317 e. The molecule has 3 heteroatoms. The summed E-state index contributed by atoms with van der Waals surface area (Å²) >= 11 is 0. The third-order valence-electron chi connectivity index (χ3n) is 1.38. The molecule has 0 saturated heterocycles. The summed E-state index contributed by atoms with van der Waals surface area (Å²) in [6, 6.07) is 0.0179. The summed E-state index contributed by atoms with van der Waals surface area (Å²) < 4.78 is 0. The van der Waals surface area contributed by atoms with E-state index in [4.69, 9.17) is 0 Å². The van der Waals surface area contributed by atoms with Gasteiger partial charge in [-0.15, -0.1) is 0 Å². The number of hydrogen-bond donors (Lipinski definition) is 1. The number of urea groups is 1. The van der Waals surface area contributed by atoms with Crippen molar-refractivity contribution in [2.45, 2.75) is 20.3 Å². The molecule has 0 unspecified atom stereocenters. The van der Waals surface area contributed by atoms with Crippen LogP contribution in [0.5, 0.6) is 0 Å². The van der Waals surface area contributed by atoms with Crippen LogP contribution in [-0.4, -0.2) is 31.1 Å². The lowest BCUT2D eigenvalue weighted by molar-refractivity contribution is 0.203. The molecule has 0 aromatic heterocycles. The predicted octanol–water partition coefficient (Wildman–Crippen LogP) is 1.06. The average Bonchev–Trinajstić information content (AvgIpc) is 1.99. The molecule has 0 aliphatic heterocycles. The molecule has 0 aromatic carbocycles. The Morgan fingerprint density at radius 2 is 2.10 bits per heavy atom. The summed E-state index contributed by atoms with van der Waals surface area (Å²) in [5.74, 6) is 0. The first-order valence-corrected chi connectivity index (χ1v) is 3.72. The fourth-order valence-corrected chi connectivity index (χ4v) is 0.831. The SMILES string of the molecule is CCCN(CC)C(=O)NC. The Bertz CT molecular complexity index is 104. The summed E-state index contributed by atoms with van der Waals surface area (Å²) in [6.45, 7) is 5.67. The predicted molar refractivity (Wildman–Crippen MR) is 42.0 cm³/mol. The number of rotatable bonds is 3. The highest BCUT2D eigenvalue weighted by atomic mass is 16.2. The van der Waals surface area contributed by atoms with Crippen LogP contribution in [0.4, 0.5) is 4.79 Å². The summed E-state index contributed by atoms with van der Waals surface area (Å²) in [4.78, 5) is 12.7. The van der Waals surface area contributed by atoms with E-state index in [-0.39, 0.29) is 6.03 Å². The minimum atomic E-state index is 0.0179. The van der Waals surface area contributed by atoms with Crippen molar-refractivity contribution in [3.8, 4) is 0 Å². The molecule has 0 heterocycles. The number of carbonyl (C=O) groups excluding carboxylic acids is 1. The van der Waals surface area contributed by atoms with Gasteiger partial charge in [-0.2, -0.15) is 0 Å². The third kappa shape index (κ3) is 2.71. The molecule has 10 heavy (non-hydrogen) atoms. The van der Waals surface area contributed by atoms with Crippen LogP contribution < -0.4 is 5.32 Å². The van der Waals surface area contributed by atoms with Gasteiger partial charge in [0.15, 0.2) is 0 Å². The van der Waals surface area contributed by atoms with E-state index >= 15 is 0 Å². The Morgan fingerprint density at radius 1 is 1.50 bits per heavy atom. The van der Waals surface area contributed by atoms with Gasteiger partial charge in [0, 0.05) is 20.1 Å².